The second kappa shape index (κ2) is 7.86. The molecule has 24 heavy (non-hydrogen) atoms. The van der Waals surface area contributed by atoms with Gasteiger partial charge in [-0.15, -0.1) is 0 Å². The summed E-state index contributed by atoms with van der Waals surface area (Å²) in [4.78, 5) is 12.9. The quantitative estimate of drug-likeness (QED) is 0.795. The number of carbonyl (C=O) groups is 1. The summed E-state index contributed by atoms with van der Waals surface area (Å²) in [7, 11) is -1.26. The molecular formula is C20H25NO2S. The van der Waals surface area contributed by atoms with Gasteiger partial charge in [0.2, 0.25) is 0 Å². The molecule has 0 fully saturated rings. The summed E-state index contributed by atoms with van der Waals surface area (Å²) < 4.78 is 15.4. The zero-order valence-electron chi connectivity index (χ0n) is 14.7. The number of nitrogens with one attached hydrogen (secondary N) is 1. The van der Waals surface area contributed by atoms with E-state index in [1.54, 1.807) is 0 Å². The molecule has 4 heteroatoms. The number of hydrogen-bond acceptors (Lipinski definition) is 2. The predicted molar refractivity (Wildman–Crippen MR) is 100 cm³/mol. The fourth-order valence-corrected chi connectivity index (χ4v) is 3.35. The van der Waals surface area contributed by atoms with Crippen LogP contribution in [0.15, 0.2) is 60.7 Å². The molecule has 3 atom stereocenters. The Kier molecular flexibility index (Phi) is 6.08. The minimum Gasteiger partial charge on any atom is -0.294 e. The first kappa shape index (κ1) is 18.6. The van der Waals surface area contributed by atoms with Crippen LogP contribution in [0.2, 0.25) is 0 Å². The summed E-state index contributed by atoms with van der Waals surface area (Å²) in [6.07, 6.45) is 0. The maximum absolute atomic E-state index is 12.9. The van der Waals surface area contributed by atoms with Gasteiger partial charge in [0.25, 0.3) is 0 Å². The highest BCUT2D eigenvalue weighted by atomic mass is 32.2. The molecule has 3 nitrogen and oxygen atoms in total. The molecule has 0 amide bonds. The molecule has 0 radical (unpaired) electrons. The van der Waals surface area contributed by atoms with Crippen molar-refractivity contribution in [2.45, 2.75) is 38.5 Å². The first-order valence-corrected chi connectivity index (χ1v) is 9.28. The highest BCUT2D eigenvalue weighted by Crippen LogP contribution is 2.27. The van der Waals surface area contributed by atoms with Crippen LogP contribution in [0.25, 0.3) is 0 Å². The second-order valence-electron chi connectivity index (χ2n) is 6.91. The van der Waals surface area contributed by atoms with Gasteiger partial charge in [-0.2, -0.15) is 0 Å². The minimum absolute atomic E-state index is 0.0443. The van der Waals surface area contributed by atoms with Crippen molar-refractivity contribution in [2.24, 2.45) is 5.92 Å². The van der Waals surface area contributed by atoms with E-state index >= 15 is 0 Å². The van der Waals surface area contributed by atoms with Crippen LogP contribution >= 0.6 is 0 Å². The zero-order valence-corrected chi connectivity index (χ0v) is 15.5. The van der Waals surface area contributed by atoms with Crippen LogP contribution in [-0.4, -0.2) is 14.7 Å². The van der Waals surface area contributed by atoms with Crippen molar-refractivity contribution in [3.8, 4) is 0 Å². The van der Waals surface area contributed by atoms with Gasteiger partial charge in [-0.05, 0) is 26.3 Å². The number of benzene rings is 2. The first-order chi connectivity index (χ1) is 11.3. The fourth-order valence-electron chi connectivity index (χ4n) is 2.43. The highest BCUT2D eigenvalue weighted by Gasteiger charge is 2.30. The molecule has 0 spiro atoms. The van der Waals surface area contributed by atoms with E-state index in [1.165, 1.54) is 0 Å². The zero-order chi connectivity index (χ0) is 17.7. The molecule has 1 N–H and O–H groups in total. The van der Waals surface area contributed by atoms with Crippen LogP contribution < -0.4 is 4.72 Å². The lowest BCUT2D eigenvalue weighted by Crippen LogP contribution is -2.39. The predicted octanol–water partition coefficient (Wildman–Crippen LogP) is 4.30. The summed E-state index contributed by atoms with van der Waals surface area (Å²) in [5, 5.41) is 0. The largest absolute Gasteiger partial charge is 0.294 e. The Bertz CT molecular complexity index is 693. The summed E-state index contributed by atoms with van der Waals surface area (Å²) in [6, 6.07) is 18.7. The SMILES string of the molecule is C[C@@H](C(=O)c1ccccc1)[C@@H](N[S@@](=O)C(C)(C)C)c1ccccc1. The van der Waals surface area contributed by atoms with Gasteiger partial charge in [0.1, 0.15) is 0 Å². The molecule has 0 saturated carbocycles. The van der Waals surface area contributed by atoms with Gasteiger partial charge < -0.3 is 0 Å². The Morgan fingerprint density at radius 1 is 0.958 bits per heavy atom. The van der Waals surface area contributed by atoms with E-state index in [-0.39, 0.29) is 17.7 Å². The number of rotatable bonds is 6. The topological polar surface area (TPSA) is 46.2 Å². The normalized spacial score (nSPS) is 15.5. The van der Waals surface area contributed by atoms with Crippen molar-refractivity contribution in [1.29, 1.82) is 0 Å². The van der Waals surface area contributed by atoms with Crippen molar-refractivity contribution < 1.29 is 9.00 Å². The Hall–Kier alpha value is -1.78. The van der Waals surface area contributed by atoms with Crippen molar-refractivity contribution >= 4 is 16.8 Å². The summed E-state index contributed by atoms with van der Waals surface area (Å²) >= 11 is 0. The molecule has 2 aromatic carbocycles. The number of ketones is 1. The van der Waals surface area contributed by atoms with Crippen molar-refractivity contribution in [3.63, 3.8) is 0 Å². The smallest absolute Gasteiger partial charge is 0.167 e. The molecule has 0 heterocycles. The number of carbonyl (C=O) groups excluding carboxylic acids is 1. The lowest BCUT2D eigenvalue weighted by Gasteiger charge is -2.28. The monoisotopic (exact) mass is 343 g/mol. The average molecular weight is 343 g/mol. The van der Waals surface area contributed by atoms with E-state index in [1.807, 2.05) is 88.4 Å². The molecule has 0 aliphatic carbocycles. The molecule has 0 aliphatic rings. The Morgan fingerprint density at radius 3 is 1.96 bits per heavy atom. The molecule has 2 aromatic rings. The Labute approximate surface area is 147 Å². The van der Waals surface area contributed by atoms with Gasteiger partial charge in [-0.25, -0.2) is 8.93 Å². The van der Waals surface area contributed by atoms with E-state index in [2.05, 4.69) is 4.72 Å². The molecule has 2 rings (SSSR count). The summed E-state index contributed by atoms with van der Waals surface area (Å²) in [5.74, 6) is -0.288. The summed E-state index contributed by atoms with van der Waals surface area (Å²) in [6.45, 7) is 7.64. The van der Waals surface area contributed by atoms with Crippen LogP contribution in [0, 0.1) is 5.92 Å². The van der Waals surface area contributed by atoms with E-state index in [4.69, 9.17) is 0 Å². The standard InChI is InChI=1S/C20H25NO2S/c1-15(19(22)17-13-9-6-10-14-17)18(16-11-7-5-8-12-16)21-24(23)20(2,3)4/h5-15,18,21H,1-4H3/t15-,18-,24+/m1/s1. The van der Waals surface area contributed by atoms with Gasteiger partial charge in [-0.3, -0.25) is 4.79 Å². The summed E-state index contributed by atoms with van der Waals surface area (Å²) in [5.41, 5.74) is 1.64. The second-order valence-corrected chi connectivity index (χ2v) is 8.90. The molecule has 0 unspecified atom stereocenters. The highest BCUT2D eigenvalue weighted by molar-refractivity contribution is 7.84. The third-order valence-electron chi connectivity index (χ3n) is 3.92. The van der Waals surface area contributed by atoms with Crippen molar-refractivity contribution in [2.75, 3.05) is 0 Å². The first-order valence-electron chi connectivity index (χ1n) is 8.13. The van der Waals surface area contributed by atoms with Gasteiger partial charge in [0.05, 0.1) is 21.8 Å². The van der Waals surface area contributed by atoms with E-state index in [9.17, 15) is 9.00 Å². The van der Waals surface area contributed by atoms with Crippen LogP contribution in [0.3, 0.4) is 0 Å². The Morgan fingerprint density at radius 2 is 1.46 bits per heavy atom. The van der Waals surface area contributed by atoms with Gasteiger partial charge in [0.15, 0.2) is 5.78 Å². The van der Waals surface area contributed by atoms with Crippen LogP contribution in [0.4, 0.5) is 0 Å². The molecule has 0 aliphatic heterocycles. The number of hydrogen-bond donors (Lipinski definition) is 1. The van der Waals surface area contributed by atoms with Gasteiger partial charge in [0, 0.05) is 11.5 Å². The van der Waals surface area contributed by atoms with Crippen molar-refractivity contribution in [1.82, 2.24) is 4.72 Å². The third-order valence-corrected chi connectivity index (χ3v) is 5.50. The van der Waals surface area contributed by atoms with Crippen LogP contribution in [0.1, 0.15) is 49.7 Å². The van der Waals surface area contributed by atoms with Crippen LogP contribution in [0.5, 0.6) is 0 Å². The van der Waals surface area contributed by atoms with E-state index in [0.29, 0.717) is 5.56 Å². The lowest BCUT2D eigenvalue weighted by molar-refractivity contribution is 0.0909. The van der Waals surface area contributed by atoms with Crippen LogP contribution in [-0.2, 0) is 11.0 Å². The van der Waals surface area contributed by atoms with Gasteiger partial charge >= 0.3 is 0 Å². The maximum atomic E-state index is 12.9. The maximum Gasteiger partial charge on any atom is 0.167 e. The van der Waals surface area contributed by atoms with E-state index in [0.717, 1.165) is 5.56 Å². The molecular weight excluding hydrogens is 318 g/mol. The molecule has 0 aromatic heterocycles. The minimum atomic E-state index is -1.26. The Balaban J connectivity index is 2.32. The lowest BCUT2D eigenvalue weighted by atomic mass is 9.89. The molecule has 0 saturated heterocycles. The average Bonchev–Trinajstić information content (AvgIpc) is 2.59. The third kappa shape index (κ3) is 4.62. The molecule has 128 valence electrons. The molecule has 0 bridgehead atoms. The number of Topliss-reactive ketones (excluding diaryl/α,β-unsaturated/α-hetero) is 1. The van der Waals surface area contributed by atoms with Crippen molar-refractivity contribution in [3.05, 3.63) is 71.8 Å². The van der Waals surface area contributed by atoms with E-state index < -0.39 is 15.7 Å². The van der Waals surface area contributed by atoms with Gasteiger partial charge in [-0.1, -0.05) is 67.6 Å². The fraction of sp³-hybridized carbons (Fsp3) is 0.350.